The Morgan fingerprint density at radius 2 is 1.68 bits per heavy atom. The molecule has 3 rings (SSSR count). The molecule has 0 spiro atoms. The maximum atomic E-state index is 6.23. The summed E-state index contributed by atoms with van der Waals surface area (Å²) in [4.78, 5) is 0. The first-order chi connectivity index (χ1) is 8.87. The number of ether oxygens (including phenoxy) is 2. The molecule has 1 aliphatic heterocycles. The Morgan fingerprint density at radius 1 is 1.11 bits per heavy atom. The van der Waals surface area contributed by atoms with Gasteiger partial charge < -0.3 is 15.2 Å². The van der Waals surface area contributed by atoms with E-state index in [2.05, 4.69) is 32.9 Å². The molecule has 104 valence electrons. The number of aryl methyl sites for hydroxylation is 1. The Hall–Kier alpha value is -1.22. The molecule has 1 heterocycles. The van der Waals surface area contributed by atoms with E-state index in [9.17, 15) is 0 Å². The molecule has 2 aliphatic rings. The molecule has 1 saturated carbocycles. The molecule has 1 aliphatic carbocycles. The van der Waals surface area contributed by atoms with E-state index in [1.165, 1.54) is 11.1 Å². The summed E-state index contributed by atoms with van der Waals surface area (Å²) in [7, 11) is 0. The summed E-state index contributed by atoms with van der Waals surface area (Å²) in [6.45, 7) is 7.83. The largest absolute Gasteiger partial charge is 0.489 e. The summed E-state index contributed by atoms with van der Waals surface area (Å²) in [5.74, 6) is 1.74. The highest BCUT2D eigenvalue weighted by Gasteiger charge is 2.38. The summed E-state index contributed by atoms with van der Waals surface area (Å²) in [5.41, 5.74) is 8.85. The molecule has 0 aromatic heterocycles. The zero-order chi connectivity index (χ0) is 13.7. The second-order valence-electron chi connectivity index (χ2n) is 7.01. The summed E-state index contributed by atoms with van der Waals surface area (Å²) in [6, 6.07) is 4.22. The van der Waals surface area contributed by atoms with E-state index >= 15 is 0 Å². The average molecular weight is 261 g/mol. The number of hydrogen-bond acceptors (Lipinski definition) is 3. The molecule has 1 aromatic rings. The monoisotopic (exact) mass is 261 g/mol. The lowest BCUT2D eigenvalue weighted by Crippen LogP contribution is -2.26. The molecule has 0 atom stereocenters. The third-order valence-corrected chi connectivity index (χ3v) is 4.07. The van der Waals surface area contributed by atoms with Gasteiger partial charge in [0.15, 0.2) is 11.5 Å². The Kier molecular flexibility index (Phi) is 2.79. The smallest absolute Gasteiger partial charge is 0.161 e. The average Bonchev–Trinajstić information content (AvgIpc) is 3.07. The van der Waals surface area contributed by atoms with Crippen LogP contribution < -0.4 is 15.2 Å². The van der Waals surface area contributed by atoms with Crippen molar-refractivity contribution in [3.8, 4) is 11.5 Å². The van der Waals surface area contributed by atoms with Crippen LogP contribution in [-0.2, 0) is 6.42 Å². The molecular weight excluding hydrogens is 238 g/mol. The van der Waals surface area contributed by atoms with E-state index in [-0.39, 0.29) is 11.0 Å². The van der Waals surface area contributed by atoms with Crippen molar-refractivity contribution in [3.63, 3.8) is 0 Å². The molecule has 3 heteroatoms. The Balaban J connectivity index is 1.88. The summed E-state index contributed by atoms with van der Waals surface area (Å²) in [6.07, 6.45) is 3.21. The van der Waals surface area contributed by atoms with E-state index in [0.29, 0.717) is 13.2 Å². The quantitative estimate of drug-likeness (QED) is 0.890. The van der Waals surface area contributed by atoms with Gasteiger partial charge in [-0.25, -0.2) is 0 Å². The number of benzene rings is 1. The van der Waals surface area contributed by atoms with Crippen LogP contribution in [0.4, 0.5) is 0 Å². The number of nitrogens with two attached hydrogens (primary N) is 1. The third-order valence-electron chi connectivity index (χ3n) is 4.07. The molecule has 3 nitrogen and oxygen atoms in total. The van der Waals surface area contributed by atoms with Crippen molar-refractivity contribution in [2.45, 2.75) is 45.6 Å². The maximum absolute atomic E-state index is 6.23. The van der Waals surface area contributed by atoms with E-state index in [1.54, 1.807) is 0 Å². The Bertz CT molecular complexity index is 504. The number of rotatable bonds is 2. The van der Waals surface area contributed by atoms with Gasteiger partial charge in [-0.1, -0.05) is 13.8 Å². The van der Waals surface area contributed by atoms with Crippen LogP contribution in [0.1, 0.15) is 37.8 Å². The third kappa shape index (κ3) is 2.71. The van der Waals surface area contributed by atoms with Crippen LogP contribution in [0.2, 0.25) is 0 Å². The van der Waals surface area contributed by atoms with Crippen molar-refractivity contribution in [3.05, 3.63) is 23.3 Å². The van der Waals surface area contributed by atoms with Gasteiger partial charge in [-0.3, -0.25) is 0 Å². The van der Waals surface area contributed by atoms with E-state index < -0.39 is 0 Å². The van der Waals surface area contributed by atoms with Gasteiger partial charge >= 0.3 is 0 Å². The summed E-state index contributed by atoms with van der Waals surface area (Å²) >= 11 is 0. The van der Waals surface area contributed by atoms with Gasteiger partial charge in [0.1, 0.15) is 0 Å². The number of hydrogen-bond donors (Lipinski definition) is 1. The molecule has 0 unspecified atom stereocenters. The first kappa shape index (κ1) is 12.8. The van der Waals surface area contributed by atoms with Crippen LogP contribution >= 0.6 is 0 Å². The SMILES string of the molecule is Cc1cc2c(cc1CC1(N)CC1)OCC(C)(C)CO2. The second-order valence-corrected chi connectivity index (χ2v) is 7.01. The van der Waals surface area contributed by atoms with Gasteiger partial charge in [0, 0.05) is 11.0 Å². The van der Waals surface area contributed by atoms with Gasteiger partial charge in [-0.05, 0) is 49.4 Å². The molecule has 19 heavy (non-hydrogen) atoms. The van der Waals surface area contributed by atoms with E-state index in [0.717, 1.165) is 30.8 Å². The van der Waals surface area contributed by atoms with Crippen molar-refractivity contribution in [1.29, 1.82) is 0 Å². The van der Waals surface area contributed by atoms with Crippen molar-refractivity contribution in [2.24, 2.45) is 11.1 Å². The first-order valence-electron chi connectivity index (χ1n) is 7.05. The Morgan fingerprint density at radius 3 is 2.26 bits per heavy atom. The fourth-order valence-corrected chi connectivity index (χ4v) is 2.42. The fraction of sp³-hybridized carbons (Fsp3) is 0.625. The van der Waals surface area contributed by atoms with Crippen molar-refractivity contribution in [1.82, 2.24) is 0 Å². The lowest BCUT2D eigenvalue weighted by atomic mass is 9.97. The lowest BCUT2D eigenvalue weighted by Gasteiger charge is -2.19. The molecule has 0 saturated heterocycles. The second kappa shape index (κ2) is 4.14. The zero-order valence-corrected chi connectivity index (χ0v) is 12.1. The minimum atomic E-state index is 0.0316. The highest BCUT2D eigenvalue weighted by molar-refractivity contribution is 5.48. The predicted octanol–water partition coefficient (Wildman–Crippen LogP) is 2.83. The van der Waals surface area contributed by atoms with Crippen LogP contribution in [0.3, 0.4) is 0 Å². The van der Waals surface area contributed by atoms with Gasteiger partial charge in [-0.15, -0.1) is 0 Å². The van der Waals surface area contributed by atoms with E-state index in [4.69, 9.17) is 15.2 Å². The molecule has 0 bridgehead atoms. The van der Waals surface area contributed by atoms with Gasteiger partial charge in [0.25, 0.3) is 0 Å². The van der Waals surface area contributed by atoms with Crippen molar-refractivity contribution in [2.75, 3.05) is 13.2 Å². The van der Waals surface area contributed by atoms with Crippen LogP contribution in [0.25, 0.3) is 0 Å². The highest BCUT2D eigenvalue weighted by atomic mass is 16.5. The molecule has 0 amide bonds. The number of fused-ring (bicyclic) bond motifs is 1. The topological polar surface area (TPSA) is 44.5 Å². The normalized spacial score (nSPS) is 22.7. The van der Waals surface area contributed by atoms with Gasteiger partial charge in [-0.2, -0.15) is 0 Å². The van der Waals surface area contributed by atoms with E-state index in [1.807, 2.05) is 0 Å². The molecule has 1 aromatic carbocycles. The van der Waals surface area contributed by atoms with Crippen molar-refractivity contribution >= 4 is 0 Å². The molecule has 1 fully saturated rings. The van der Waals surface area contributed by atoms with Crippen molar-refractivity contribution < 1.29 is 9.47 Å². The minimum absolute atomic E-state index is 0.0316. The molecular formula is C16H23NO2. The Labute approximate surface area is 115 Å². The predicted molar refractivity (Wildman–Crippen MR) is 75.8 cm³/mol. The molecule has 2 N–H and O–H groups in total. The molecule has 0 radical (unpaired) electrons. The van der Waals surface area contributed by atoms with Crippen LogP contribution in [0, 0.1) is 12.3 Å². The summed E-state index contributed by atoms with van der Waals surface area (Å²) < 4.78 is 11.8. The summed E-state index contributed by atoms with van der Waals surface area (Å²) in [5, 5.41) is 0. The standard InChI is InChI=1S/C16H23NO2/c1-11-6-13-14(19-10-15(2,3)9-18-13)7-12(11)8-16(17)4-5-16/h6-7H,4-5,8-10,17H2,1-3H3. The van der Waals surface area contributed by atoms with Crippen LogP contribution in [0.5, 0.6) is 11.5 Å². The fourth-order valence-electron chi connectivity index (χ4n) is 2.42. The van der Waals surface area contributed by atoms with Crippen LogP contribution in [-0.4, -0.2) is 18.8 Å². The highest BCUT2D eigenvalue weighted by Crippen LogP contribution is 2.40. The maximum Gasteiger partial charge on any atom is 0.161 e. The zero-order valence-electron chi connectivity index (χ0n) is 12.1. The first-order valence-corrected chi connectivity index (χ1v) is 7.05. The van der Waals surface area contributed by atoms with Gasteiger partial charge in [0.2, 0.25) is 0 Å². The van der Waals surface area contributed by atoms with Crippen LogP contribution in [0.15, 0.2) is 12.1 Å². The van der Waals surface area contributed by atoms with Gasteiger partial charge in [0.05, 0.1) is 13.2 Å². The minimum Gasteiger partial charge on any atom is -0.489 e. The lowest BCUT2D eigenvalue weighted by molar-refractivity contribution is 0.140.